The van der Waals surface area contributed by atoms with E-state index in [1.165, 1.54) is 7.11 Å². The van der Waals surface area contributed by atoms with Crippen LogP contribution in [0.15, 0.2) is 59.6 Å². The summed E-state index contributed by atoms with van der Waals surface area (Å²) in [4.78, 5) is 40.8. The maximum absolute atomic E-state index is 13.3. The number of Topliss-reactive ketones (excluding diaryl/α,β-unsaturated/α-hetero) is 1. The Morgan fingerprint density at radius 1 is 1.36 bits per heavy atom. The van der Waals surface area contributed by atoms with Gasteiger partial charge in [-0.25, -0.2) is 9.59 Å². The van der Waals surface area contributed by atoms with Crippen molar-refractivity contribution in [3.8, 4) is 0 Å². The molecule has 0 bridgehead atoms. The summed E-state index contributed by atoms with van der Waals surface area (Å²) in [5.41, 5.74) is 5.92. The van der Waals surface area contributed by atoms with Gasteiger partial charge in [0.05, 0.1) is 12.7 Å². The largest absolute Gasteiger partial charge is 0.466 e. The highest BCUT2D eigenvalue weighted by molar-refractivity contribution is 6.17. The third-order valence-corrected chi connectivity index (χ3v) is 5.48. The molecule has 0 fully saturated rings. The first-order valence-electron chi connectivity index (χ1n) is 9.04. The molecule has 4 rings (SSSR count). The Labute approximate surface area is 162 Å². The molecule has 1 aromatic rings. The topological polar surface area (TPSA) is 98.9 Å². The van der Waals surface area contributed by atoms with Gasteiger partial charge in [-0.15, -0.1) is 6.58 Å². The summed E-state index contributed by atoms with van der Waals surface area (Å²) in [6.45, 7) is 4.06. The zero-order chi connectivity index (χ0) is 20.1. The fourth-order valence-electron chi connectivity index (χ4n) is 4.40. The van der Waals surface area contributed by atoms with Gasteiger partial charge in [0.25, 0.3) is 0 Å². The Hall–Kier alpha value is -3.35. The number of allylic oxidation sites excluding steroid dienone is 1. The number of carbonyl (C=O) groups excluding carboxylic acids is 3. The number of hydrogen-bond acceptors (Lipinski definition) is 7. The summed E-state index contributed by atoms with van der Waals surface area (Å²) >= 11 is 0. The normalized spacial score (nSPS) is 23.5. The van der Waals surface area contributed by atoms with Crippen LogP contribution in [0.2, 0.25) is 0 Å². The van der Waals surface area contributed by atoms with Crippen LogP contribution in [0.3, 0.4) is 0 Å². The molecule has 0 amide bonds. The van der Waals surface area contributed by atoms with Crippen LogP contribution in [0.4, 0.5) is 5.69 Å². The minimum Gasteiger partial charge on any atom is -0.466 e. The SMILES string of the molecule is C=CCN1C(N)=C(C(=O)OC)C2(C(=O)OC3=C2C(=O)CCC3)c2ccccc21. The van der Waals surface area contributed by atoms with Gasteiger partial charge in [-0.1, -0.05) is 24.3 Å². The highest BCUT2D eigenvalue weighted by atomic mass is 16.5. The Kier molecular flexibility index (Phi) is 4.10. The molecule has 1 aromatic carbocycles. The minimum absolute atomic E-state index is 0.0505. The number of nitrogens with zero attached hydrogens (tertiary/aromatic N) is 1. The van der Waals surface area contributed by atoms with Crippen molar-refractivity contribution >= 4 is 23.4 Å². The summed E-state index contributed by atoms with van der Waals surface area (Å²) in [5.74, 6) is -1.31. The fourth-order valence-corrected chi connectivity index (χ4v) is 4.40. The number of carbonyl (C=O) groups is 3. The number of rotatable bonds is 3. The predicted octanol–water partition coefficient (Wildman–Crippen LogP) is 1.84. The van der Waals surface area contributed by atoms with Crippen LogP contribution in [0.1, 0.15) is 24.8 Å². The molecule has 2 aliphatic heterocycles. The van der Waals surface area contributed by atoms with Gasteiger partial charge in [0.2, 0.25) is 0 Å². The zero-order valence-electron chi connectivity index (χ0n) is 15.5. The maximum atomic E-state index is 13.3. The van der Waals surface area contributed by atoms with Crippen LogP contribution in [-0.4, -0.2) is 31.4 Å². The Balaban J connectivity index is 2.13. The Bertz CT molecular complexity index is 990. The molecule has 7 heteroatoms. The number of ether oxygens (including phenoxy) is 2. The first-order chi connectivity index (χ1) is 13.5. The lowest BCUT2D eigenvalue weighted by Crippen LogP contribution is -2.50. The molecule has 28 heavy (non-hydrogen) atoms. The van der Waals surface area contributed by atoms with E-state index >= 15 is 0 Å². The molecule has 2 heterocycles. The van der Waals surface area contributed by atoms with Crippen LogP contribution >= 0.6 is 0 Å². The average molecular weight is 380 g/mol. The molecule has 0 saturated carbocycles. The summed E-state index contributed by atoms with van der Waals surface area (Å²) in [6, 6.07) is 7.07. The van der Waals surface area contributed by atoms with E-state index in [1.54, 1.807) is 35.2 Å². The first-order valence-corrected chi connectivity index (χ1v) is 9.04. The molecule has 0 aromatic heterocycles. The standard InChI is InChI=1S/C21H20N2O5/c1-3-11-23-13-8-5-4-7-12(13)21(17(18(23)22)19(25)27-2)16-14(24)9-6-10-15(16)28-20(21)26/h3-5,7-8H,1,6,9-11,22H2,2H3. The number of hydrogen-bond donors (Lipinski definition) is 1. The summed E-state index contributed by atoms with van der Waals surface area (Å²) in [6.07, 6.45) is 2.98. The molecule has 1 spiro atoms. The van der Waals surface area contributed by atoms with Crippen molar-refractivity contribution in [3.63, 3.8) is 0 Å². The van der Waals surface area contributed by atoms with Gasteiger partial charge < -0.3 is 20.1 Å². The van der Waals surface area contributed by atoms with Crippen molar-refractivity contribution in [2.24, 2.45) is 5.73 Å². The number of benzene rings is 1. The predicted molar refractivity (Wildman–Crippen MR) is 101 cm³/mol. The van der Waals surface area contributed by atoms with Crippen molar-refractivity contribution in [2.45, 2.75) is 24.7 Å². The third kappa shape index (κ3) is 2.13. The van der Waals surface area contributed by atoms with Crippen LogP contribution < -0.4 is 10.6 Å². The van der Waals surface area contributed by atoms with Gasteiger partial charge in [-0.05, 0) is 12.5 Å². The lowest BCUT2D eigenvalue weighted by Gasteiger charge is -2.41. The van der Waals surface area contributed by atoms with Crippen LogP contribution in [0.5, 0.6) is 0 Å². The van der Waals surface area contributed by atoms with E-state index in [0.29, 0.717) is 36.4 Å². The van der Waals surface area contributed by atoms with Crippen molar-refractivity contribution in [1.29, 1.82) is 0 Å². The molecule has 3 aliphatic rings. The Morgan fingerprint density at radius 3 is 2.82 bits per heavy atom. The number of fused-ring (bicyclic) bond motifs is 3. The van der Waals surface area contributed by atoms with Gasteiger partial charge in [-0.3, -0.25) is 4.79 Å². The fraction of sp³-hybridized carbons (Fsp3) is 0.286. The number of anilines is 1. The van der Waals surface area contributed by atoms with Crippen LogP contribution in [0.25, 0.3) is 0 Å². The maximum Gasteiger partial charge on any atom is 0.339 e. The number of esters is 2. The zero-order valence-corrected chi connectivity index (χ0v) is 15.5. The molecule has 0 radical (unpaired) electrons. The van der Waals surface area contributed by atoms with E-state index in [2.05, 4.69) is 6.58 Å². The second-order valence-electron chi connectivity index (χ2n) is 6.88. The second kappa shape index (κ2) is 6.37. The van der Waals surface area contributed by atoms with E-state index in [9.17, 15) is 14.4 Å². The molecule has 2 N–H and O–H groups in total. The summed E-state index contributed by atoms with van der Waals surface area (Å²) < 4.78 is 10.5. The van der Waals surface area contributed by atoms with Gasteiger partial charge in [0.1, 0.15) is 17.2 Å². The van der Waals surface area contributed by atoms with Gasteiger partial charge in [0, 0.05) is 30.6 Å². The monoisotopic (exact) mass is 380 g/mol. The minimum atomic E-state index is -1.71. The van der Waals surface area contributed by atoms with Gasteiger partial charge >= 0.3 is 11.9 Å². The quantitative estimate of drug-likeness (QED) is 0.631. The van der Waals surface area contributed by atoms with E-state index in [0.717, 1.165) is 0 Å². The molecular formula is C21H20N2O5. The number of methoxy groups -OCH3 is 1. The molecule has 0 saturated heterocycles. The molecule has 1 atom stereocenters. The van der Waals surface area contributed by atoms with E-state index in [-0.39, 0.29) is 29.2 Å². The van der Waals surface area contributed by atoms with E-state index in [4.69, 9.17) is 15.2 Å². The van der Waals surface area contributed by atoms with Crippen molar-refractivity contribution < 1.29 is 23.9 Å². The number of ketones is 1. The van der Waals surface area contributed by atoms with Crippen LogP contribution in [0, 0.1) is 0 Å². The lowest BCUT2D eigenvalue weighted by atomic mass is 9.64. The third-order valence-electron chi connectivity index (χ3n) is 5.48. The van der Waals surface area contributed by atoms with Crippen molar-refractivity contribution in [3.05, 3.63) is 65.2 Å². The number of para-hydroxylation sites is 1. The molecule has 1 unspecified atom stereocenters. The van der Waals surface area contributed by atoms with E-state index in [1.807, 2.05) is 0 Å². The smallest absolute Gasteiger partial charge is 0.339 e. The van der Waals surface area contributed by atoms with Crippen molar-refractivity contribution in [1.82, 2.24) is 0 Å². The summed E-state index contributed by atoms with van der Waals surface area (Å²) in [5, 5.41) is 0. The second-order valence-corrected chi connectivity index (χ2v) is 6.88. The molecule has 7 nitrogen and oxygen atoms in total. The van der Waals surface area contributed by atoms with Gasteiger partial charge in [-0.2, -0.15) is 0 Å². The number of nitrogens with two attached hydrogens (primary N) is 1. The molecular weight excluding hydrogens is 360 g/mol. The highest BCUT2D eigenvalue weighted by Crippen LogP contribution is 2.55. The average Bonchev–Trinajstić information content (AvgIpc) is 2.99. The molecule has 144 valence electrons. The molecule has 1 aliphatic carbocycles. The highest BCUT2D eigenvalue weighted by Gasteiger charge is 2.63. The Morgan fingerprint density at radius 2 is 2.11 bits per heavy atom. The van der Waals surface area contributed by atoms with E-state index < -0.39 is 17.4 Å². The van der Waals surface area contributed by atoms with Gasteiger partial charge in [0.15, 0.2) is 11.2 Å². The first kappa shape index (κ1) is 18.0. The van der Waals surface area contributed by atoms with Crippen LogP contribution in [-0.2, 0) is 29.3 Å². The van der Waals surface area contributed by atoms with Crippen molar-refractivity contribution in [2.75, 3.05) is 18.6 Å². The summed E-state index contributed by atoms with van der Waals surface area (Å²) in [7, 11) is 1.22. The lowest BCUT2D eigenvalue weighted by molar-refractivity contribution is -0.145.